The number of fused-ring (bicyclic) bond motifs is 1. The molecular weight excluding hydrogens is 460 g/mol. The quantitative estimate of drug-likeness (QED) is 0.658. The zero-order chi connectivity index (χ0) is 21.8. The number of nitrogens with one attached hydrogen (secondary N) is 1. The van der Waals surface area contributed by atoms with E-state index < -0.39 is 6.04 Å². The van der Waals surface area contributed by atoms with Gasteiger partial charge in [-0.15, -0.1) is 0 Å². The van der Waals surface area contributed by atoms with Crippen LogP contribution in [-0.4, -0.2) is 36.0 Å². The maximum atomic E-state index is 13.5. The number of para-hydroxylation sites is 1. The number of hydrogen-bond donors (Lipinski definition) is 1. The first-order valence-electron chi connectivity index (χ1n) is 10.8. The lowest BCUT2D eigenvalue weighted by Gasteiger charge is -2.31. The minimum Gasteiger partial charge on any atom is -0.494 e. The summed E-state index contributed by atoms with van der Waals surface area (Å²) in [6, 6.07) is 12.5. The maximum absolute atomic E-state index is 13.5. The van der Waals surface area contributed by atoms with Crippen molar-refractivity contribution < 1.29 is 19.1 Å². The molecule has 0 saturated heterocycles. The number of rotatable bonds is 6. The van der Waals surface area contributed by atoms with E-state index in [1.54, 1.807) is 11.0 Å². The second kappa shape index (κ2) is 9.73. The molecule has 1 saturated carbocycles. The van der Waals surface area contributed by atoms with E-state index in [1.165, 1.54) is 0 Å². The number of ether oxygens (including phenoxy) is 2. The summed E-state index contributed by atoms with van der Waals surface area (Å²) in [7, 11) is 0. The van der Waals surface area contributed by atoms with Crippen LogP contribution in [0.5, 0.6) is 11.5 Å². The average molecular weight is 487 g/mol. The fourth-order valence-electron chi connectivity index (χ4n) is 4.33. The summed E-state index contributed by atoms with van der Waals surface area (Å²) in [5.41, 5.74) is 1.54. The molecule has 2 aromatic rings. The highest BCUT2D eigenvalue weighted by Gasteiger charge is 2.37. The lowest BCUT2D eigenvalue weighted by Crippen LogP contribution is -2.46. The van der Waals surface area contributed by atoms with Gasteiger partial charge in [0.25, 0.3) is 5.91 Å². The minimum absolute atomic E-state index is 0.112. The van der Waals surface area contributed by atoms with Crippen molar-refractivity contribution in [2.24, 2.45) is 0 Å². The first kappa shape index (κ1) is 21.7. The Hall–Kier alpha value is -2.54. The highest BCUT2D eigenvalue weighted by Crippen LogP contribution is 2.37. The Bertz CT molecular complexity index is 958. The highest BCUT2D eigenvalue weighted by atomic mass is 79.9. The predicted molar refractivity (Wildman–Crippen MR) is 121 cm³/mol. The van der Waals surface area contributed by atoms with Crippen molar-refractivity contribution in [3.05, 3.63) is 58.1 Å². The van der Waals surface area contributed by atoms with Gasteiger partial charge in [0, 0.05) is 21.6 Å². The Balaban J connectivity index is 1.72. The lowest BCUT2D eigenvalue weighted by atomic mass is 10.0. The van der Waals surface area contributed by atoms with Crippen LogP contribution in [0.4, 0.5) is 0 Å². The molecule has 4 rings (SSSR count). The molecular formula is C24H27BrN2O4. The normalized spacial score (nSPS) is 18.8. The van der Waals surface area contributed by atoms with E-state index in [4.69, 9.17) is 9.47 Å². The third kappa shape index (κ3) is 4.87. The standard InChI is InChI=1S/C24H27BrN2O4/c1-2-30-20-10-6-3-7-16(20)14-27-22(28)15-31-21-12-11-17(25)13-19(21)23(27)24(29)26-18-8-4-5-9-18/h3,6-7,10-13,18,23H,2,4-5,8-9,14-15H2,1H3,(H,26,29). The summed E-state index contributed by atoms with van der Waals surface area (Å²) in [5.74, 6) is 0.875. The summed E-state index contributed by atoms with van der Waals surface area (Å²) >= 11 is 3.50. The molecule has 1 unspecified atom stereocenters. The van der Waals surface area contributed by atoms with Gasteiger partial charge in [0.15, 0.2) is 6.61 Å². The van der Waals surface area contributed by atoms with Gasteiger partial charge in [-0.1, -0.05) is 47.0 Å². The van der Waals surface area contributed by atoms with Crippen molar-refractivity contribution in [1.82, 2.24) is 10.2 Å². The smallest absolute Gasteiger partial charge is 0.261 e. The van der Waals surface area contributed by atoms with Crippen LogP contribution >= 0.6 is 15.9 Å². The molecule has 2 aliphatic rings. The van der Waals surface area contributed by atoms with Gasteiger partial charge in [-0.25, -0.2) is 0 Å². The topological polar surface area (TPSA) is 67.9 Å². The van der Waals surface area contributed by atoms with Gasteiger partial charge in [-0.05, 0) is 44.0 Å². The monoisotopic (exact) mass is 486 g/mol. The first-order valence-corrected chi connectivity index (χ1v) is 11.6. The number of amides is 2. The zero-order valence-electron chi connectivity index (χ0n) is 17.6. The van der Waals surface area contributed by atoms with Crippen molar-refractivity contribution in [1.29, 1.82) is 0 Å². The first-order chi connectivity index (χ1) is 15.1. The molecule has 1 aliphatic carbocycles. The zero-order valence-corrected chi connectivity index (χ0v) is 19.2. The Labute approximate surface area is 191 Å². The van der Waals surface area contributed by atoms with Crippen molar-refractivity contribution in [2.75, 3.05) is 13.2 Å². The van der Waals surface area contributed by atoms with Gasteiger partial charge in [0.2, 0.25) is 5.91 Å². The van der Waals surface area contributed by atoms with Crippen LogP contribution in [0.15, 0.2) is 46.9 Å². The van der Waals surface area contributed by atoms with Crippen molar-refractivity contribution >= 4 is 27.7 Å². The highest BCUT2D eigenvalue weighted by molar-refractivity contribution is 9.10. The van der Waals surface area contributed by atoms with Gasteiger partial charge in [-0.3, -0.25) is 9.59 Å². The van der Waals surface area contributed by atoms with Gasteiger partial charge in [-0.2, -0.15) is 0 Å². The van der Waals surface area contributed by atoms with Gasteiger partial charge in [0.1, 0.15) is 17.5 Å². The van der Waals surface area contributed by atoms with E-state index in [0.717, 1.165) is 35.7 Å². The molecule has 1 aliphatic heterocycles. The summed E-state index contributed by atoms with van der Waals surface area (Å²) < 4.78 is 12.4. The summed E-state index contributed by atoms with van der Waals surface area (Å²) in [6.07, 6.45) is 4.18. The van der Waals surface area contributed by atoms with Crippen LogP contribution in [0.3, 0.4) is 0 Å². The molecule has 31 heavy (non-hydrogen) atoms. The predicted octanol–water partition coefficient (Wildman–Crippen LogP) is 4.37. The van der Waals surface area contributed by atoms with Crippen molar-refractivity contribution in [2.45, 2.75) is 51.2 Å². The second-order valence-corrected chi connectivity index (χ2v) is 8.84. The lowest BCUT2D eigenvalue weighted by molar-refractivity contribution is -0.142. The molecule has 164 valence electrons. The number of benzene rings is 2. The fraction of sp³-hybridized carbons (Fsp3) is 0.417. The molecule has 1 atom stereocenters. The number of carbonyl (C=O) groups is 2. The number of halogens is 1. The number of carbonyl (C=O) groups excluding carboxylic acids is 2. The molecule has 0 spiro atoms. The Kier molecular flexibility index (Phi) is 6.80. The summed E-state index contributed by atoms with van der Waals surface area (Å²) in [6.45, 7) is 2.59. The SMILES string of the molecule is CCOc1ccccc1CN1C(=O)COc2ccc(Br)cc2C1C(=O)NC1CCCC1. The van der Waals surface area contributed by atoms with Crippen molar-refractivity contribution in [3.63, 3.8) is 0 Å². The molecule has 2 aromatic carbocycles. The molecule has 0 radical (unpaired) electrons. The van der Waals surface area contributed by atoms with Crippen LogP contribution in [-0.2, 0) is 16.1 Å². The molecule has 1 heterocycles. The molecule has 1 N–H and O–H groups in total. The molecule has 6 nitrogen and oxygen atoms in total. The minimum atomic E-state index is -0.780. The van der Waals surface area contributed by atoms with E-state index >= 15 is 0 Å². The van der Waals surface area contributed by atoms with E-state index in [2.05, 4.69) is 21.2 Å². The van der Waals surface area contributed by atoms with Crippen LogP contribution in [0, 0.1) is 0 Å². The molecule has 7 heteroatoms. The van der Waals surface area contributed by atoms with Crippen LogP contribution in [0.25, 0.3) is 0 Å². The van der Waals surface area contributed by atoms with Gasteiger partial charge >= 0.3 is 0 Å². The summed E-state index contributed by atoms with van der Waals surface area (Å²) in [4.78, 5) is 28.3. The van der Waals surface area contributed by atoms with Crippen LogP contribution in [0.1, 0.15) is 49.8 Å². The molecule has 2 amide bonds. The van der Waals surface area contributed by atoms with Gasteiger partial charge < -0.3 is 19.7 Å². The third-order valence-electron chi connectivity index (χ3n) is 5.81. The Morgan fingerprint density at radius 1 is 1.23 bits per heavy atom. The second-order valence-electron chi connectivity index (χ2n) is 7.93. The Morgan fingerprint density at radius 2 is 2.00 bits per heavy atom. The largest absolute Gasteiger partial charge is 0.494 e. The summed E-state index contributed by atoms with van der Waals surface area (Å²) in [5, 5.41) is 3.18. The fourth-order valence-corrected chi connectivity index (χ4v) is 4.70. The molecule has 0 aromatic heterocycles. The van der Waals surface area contributed by atoms with Crippen LogP contribution < -0.4 is 14.8 Å². The van der Waals surface area contributed by atoms with Crippen molar-refractivity contribution in [3.8, 4) is 11.5 Å². The number of nitrogens with zero attached hydrogens (tertiary/aromatic N) is 1. The third-order valence-corrected chi connectivity index (χ3v) is 6.31. The van der Waals surface area contributed by atoms with Gasteiger partial charge in [0.05, 0.1) is 13.2 Å². The molecule has 0 bridgehead atoms. The van der Waals surface area contributed by atoms with E-state index in [1.807, 2.05) is 43.3 Å². The molecule has 1 fully saturated rings. The average Bonchev–Trinajstić information content (AvgIpc) is 3.22. The number of hydrogen-bond acceptors (Lipinski definition) is 4. The van der Waals surface area contributed by atoms with E-state index in [-0.39, 0.29) is 31.0 Å². The van der Waals surface area contributed by atoms with Crippen LogP contribution in [0.2, 0.25) is 0 Å². The Morgan fingerprint density at radius 3 is 2.77 bits per heavy atom. The van der Waals surface area contributed by atoms with E-state index in [9.17, 15) is 9.59 Å². The van der Waals surface area contributed by atoms with E-state index in [0.29, 0.717) is 23.7 Å². The maximum Gasteiger partial charge on any atom is 0.261 e.